The zero-order valence-electron chi connectivity index (χ0n) is 11.6. The molecule has 3 aromatic carbocycles. The maximum absolute atomic E-state index is 12.2. The van der Waals surface area contributed by atoms with E-state index < -0.39 is 0 Å². The predicted molar refractivity (Wildman–Crippen MR) is 84.7 cm³/mol. The third-order valence-electron chi connectivity index (χ3n) is 3.71. The van der Waals surface area contributed by atoms with Gasteiger partial charge in [0.15, 0.2) is 5.78 Å². The molecule has 0 spiro atoms. The maximum Gasteiger partial charge on any atom is 0.166 e. The molecule has 0 fully saturated rings. The Morgan fingerprint density at radius 2 is 1.57 bits per heavy atom. The van der Waals surface area contributed by atoms with E-state index in [4.69, 9.17) is 0 Å². The third-order valence-corrected chi connectivity index (χ3v) is 3.71. The van der Waals surface area contributed by atoms with E-state index in [-0.39, 0.29) is 11.5 Å². The van der Waals surface area contributed by atoms with Gasteiger partial charge in [-0.05, 0) is 34.9 Å². The van der Waals surface area contributed by atoms with E-state index >= 15 is 0 Å². The fraction of sp³-hybridized carbons (Fsp3) is 0.105. The van der Waals surface area contributed by atoms with E-state index in [1.54, 1.807) is 24.3 Å². The van der Waals surface area contributed by atoms with Crippen molar-refractivity contribution in [3.05, 3.63) is 77.9 Å². The fourth-order valence-electron chi connectivity index (χ4n) is 2.60. The molecule has 104 valence electrons. The molecule has 0 aliphatic carbocycles. The smallest absolute Gasteiger partial charge is 0.166 e. The number of phenolic OH excluding ortho intramolecular Hbond substituents is 1. The highest BCUT2D eigenvalue weighted by molar-refractivity contribution is 5.99. The summed E-state index contributed by atoms with van der Waals surface area (Å²) in [6, 6.07) is 21.0. The molecule has 3 aromatic rings. The number of carbonyl (C=O) groups is 1. The number of ketones is 1. The van der Waals surface area contributed by atoms with Crippen molar-refractivity contribution in [2.75, 3.05) is 0 Å². The molecular weight excluding hydrogens is 260 g/mol. The lowest BCUT2D eigenvalue weighted by atomic mass is 9.98. The Kier molecular flexibility index (Phi) is 3.69. The van der Waals surface area contributed by atoms with Gasteiger partial charge in [-0.25, -0.2) is 0 Å². The lowest BCUT2D eigenvalue weighted by molar-refractivity contribution is 0.0980. The Balaban J connectivity index is 1.81. The largest absolute Gasteiger partial charge is 0.507 e. The van der Waals surface area contributed by atoms with Crippen LogP contribution in [0.25, 0.3) is 10.8 Å². The summed E-state index contributed by atoms with van der Waals surface area (Å²) in [4.78, 5) is 12.2. The van der Waals surface area contributed by atoms with Gasteiger partial charge in [-0.1, -0.05) is 54.6 Å². The minimum Gasteiger partial charge on any atom is -0.507 e. The summed E-state index contributed by atoms with van der Waals surface area (Å²) in [6.07, 6.45) is 1.07. The summed E-state index contributed by atoms with van der Waals surface area (Å²) in [5.41, 5.74) is 1.56. The van der Waals surface area contributed by atoms with Crippen LogP contribution >= 0.6 is 0 Å². The summed E-state index contributed by atoms with van der Waals surface area (Å²) >= 11 is 0. The van der Waals surface area contributed by atoms with Gasteiger partial charge < -0.3 is 5.11 Å². The Bertz CT molecular complexity index is 785. The van der Waals surface area contributed by atoms with Crippen LogP contribution in [-0.4, -0.2) is 10.9 Å². The second-order valence-electron chi connectivity index (χ2n) is 5.08. The van der Waals surface area contributed by atoms with Gasteiger partial charge in [-0.2, -0.15) is 0 Å². The first-order chi connectivity index (χ1) is 10.3. The number of aromatic hydroxyl groups is 1. The maximum atomic E-state index is 12.2. The minimum atomic E-state index is -0.0268. The molecule has 2 heteroatoms. The molecule has 2 nitrogen and oxygen atoms in total. The first kappa shape index (κ1) is 13.4. The minimum absolute atomic E-state index is 0.0268. The van der Waals surface area contributed by atoms with Crippen molar-refractivity contribution >= 4 is 16.6 Å². The average molecular weight is 276 g/mol. The third kappa shape index (κ3) is 2.79. The summed E-state index contributed by atoms with van der Waals surface area (Å²) in [5, 5.41) is 12.1. The number of Topliss-reactive ketones (excluding diaryl/α,β-unsaturated/α-hetero) is 1. The highest BCUT2D eigenvalue weighted by Crippen LogP contribution is 2.22. The number of hydrogen-bond acceptors (Lipinski definition) is 2. The number of phenols is 1. The number of carbonyl (C=O) groups excluding carboxylic acids is 1. The monoisotopic (exact) mass is 276 g/mol. The van der Waals surface area contributed by atoms with Crippen molar-refractivity contribution in [2.24, 2.45) is 0 Å². The molecule has 0 atom stereocenters. The van der Waals surface area contributed by atoms with Crippen LogP contribution in [0.1, 0.15) is 22.3 Å². The van der Waals surface area contributed by atoms with E-state index in [0.717, 1.165) is 5.56 Å². The molecule has 0 saturated heterocycles. The number of aryl methyl sites for hydroxylation is 1. The normalized spacial score (nSPS) is 10.7. The molecule has 1 N–H and O–H groups in total. The Morgan fingerprint density at radius 3 is 2.43 bits per heavy atom. The number of fused-ring (bicyclic) bond motifs is 1. The average Bonchev–Trinajstić information content (AvgIpc) is 2.53. The Morgan fingerprint density at radius 1 is 0.857 bits per heavy atom. The van der Waals surface area contributed by atoms with Gasteiger partial charge in [-0.3, -0.25) is 4.79 Å². The fourth-order valence-corrected chi connectivity index (χ4v) is 2.60. The van der Waals surface area contributed by atoms with Crippen LogP contribution in [-0.2, 0) is 6.42 Å². The molecule has 0 saturated carbocycles. The quantitative estimate of drug-likeness (QED) is 0.719. The first-order valence-electron chi connectivity index (χ1n) is 7.03. The molecular formula is C19H16O2. The van der Waals surface area contributed by atoms with Crippen molar-refractivity contribution in [3.8, 4) is 5.75 Å². The van der Waals surface area contributed by atoms with Crippen LogP contribution in [0.4, 0.5) is 0 Å². The second-order valence-corrected chi connectivity index (χ2v) is 5.08. The summed E-state index contributed by atoms with van der Waals surface area (Å²) in [7, 11) is 0. The van der Waals surface area contributed by atoms with Gasteiger partial charge in [-0.15, -0.1) is 0 Å². The van der Waals surface area contributed by atoms with Crippen LogP contribution in [0.2, 0.25) is 0 Å². The number of hydrogen-bond donors (Lipinski definition) is 1. The van der Waals surface area contributed by atoms with Gasteiger partial charge in [0.1, 0.15) is 5.75 Å². The van der Waals surface area contributed by atoms with Crippen molar-refractivity contribution in [2.45, 2.75) is 12.8 Å². The van der Waals surface area contributed by atoms with Crippen molar-refractivity contribution in [3.63, 3.8) is 0 Å². The molecule has 0 bridgehead atoms. The van der Waals surface area contributed by atoms with E-state index in [2.05, 4.69) is 24.3 Å². The van der Waals surface area contributed by atoms with Crippen LogP contribution in [0.15, 0.2) is 66.7 Å². The Labute approximate surface area is 123 Å². The predicted octanol–water partition coefficient (Wildman–Crippen LogP) is 4.36. The second kappa shape index (κ2) is 5.80. The summed E-state index contributed by atoms with van der Waals surface area (Å²) in [5.74, 6) is 0.0291. The highest BCUT2D eigenvalue weighted by atomic mass is 16.3. The summed E-state index contributed by atoms with van der Waals surface area (Å²) < 4.78 is 0. The van der Waals surface area contributed by atoms with E-state index in [0.29, 0.717) is 18.4 Å². The standard InChI is InChI=1S/C19H16O2/c20-18-11-4-3-10-17(18)19(21)13-12-15-8-5-7-14-6-1-2-9-16(14)15/h1-11,20H,12-13H2. The molecule has 0 amide bonds. The lowest BCUT2D eigenvalue weighted by Crippen LogP contribution is -2.01. The molecule has 0 aliphatic rings. The van der Waals surface area contributed by atoms with Gasteiger partial charge in [0.05, 0.1) is 5.56 Å². The Hall–Kier alpha value is -2.61. The van der Waals surface area contributed by atoms with E-state index in [1.807, 2.05) is 18.2 Å². The van der Waals surface area contributed by atoms with Crippen LogP contribution in [0.3, 0.4) is 0 Å². The van der Waals surface area contributed by atoms with Gasteiger partial charge >= 0.3 is 0 Å². The number of rotatable bonds is 4. The van der Waals surface area contributed by atoms with E-state index in [9.17, 15) is 9.90 Å². The van der Waals surface area contributed by atoms with Crippen LogP contribution in [0.5, 0.6) is 5.75 Å². The zero-order chi connectivity index (χ0) is 14.7. The molecule has 0 heterocycles. The van der Waals surface area contributed by atoms with Crippen molar-refractivity contribution in [1.29, 1.82) is 0 Å². The van der Waals surface area contributed by atoms with E-state index in [1.165, 1.54) is 10.8 Å². The lowest BCUT2D eigenvalue weighted by Gasteiger charge is -2.07. The summed E-state index contributed by atoms with van der Waals surface area (Å²) in [6.45, 7) is 0. The van der Waals surface area contributed by atoms with Crippen molar-refractivity contribution in [1.82, 2.24) is 0 Å². The zero-order valence-corrected chi connectivity index (χ0v) is 11.6. The molecule has 3 rings (SSSR count). The SMILES string of the molecule is O=C(CCc1cccc2ccccc12)c1ccccc1O. The molecule has 21 heavy (non-hydrogen) atoms. The highest BCUT2D eigenvalue weighted by Gasteiger charge is 2.11. The molecule has 0 radical (unpaired) electrons. The van der Waals surface area contributed by atoms with Gasteiger partial charge in [0.2, 0.25) is 0 Å². The first-order valence-corrected chi connectivity index (χ1v) is 7.03. The number of para-hydroxylation sites is 1. The molecule has 0 unspecified atom stereocenters. The molecule has 0 aliphatic heterocycles. The van der Waals surface area contributed by atoms with Gasteiger partial charge in [0.25, 0.3) is 0 Å². The van der Waals surface area contributed by atoms with Crippen LogP contribution in [0, 0.1) is 0 Å². The molecule has 0 aromatic heterocycles. The van der Waals surface area contributed by atoms with Crippen molar-refractivity contribution < 1.29 is 9.90 Å². The number of benzene rings is 3. The van der Waals surface area contributed by atoms with Gasteiger partial charge in [0, 0.05) is 6.42 Å². The van der Waals surface area contributed by atoms with Crippen LogP contribution < -0.4 is 0 Å². The topological polar surface area (TPSA) is 37.3 Å².